The molecule has 0 saturated heterocycles. The van der Waals surface area contributed by atoms with Gasteiger partial charge in [0.25, 0.3) is 11.8 Å². The lowest BCUT2D eigenvalue weighted by Crippen LogP contribution is -2.35. The summed E-state index contributed by atoms with van der Waals surface area (Å²) >= 11 is 4.80. The highest BCUT2D eigenvalue weighted by Crippen LogP contribution is 2.38. The number of hydrogen-bond donors (Lipinski definition) is 1. The first kappa shape index (κ1) is 18.6. The largest absolute Gasteiger partial charge is 0.482 e. The zero-order valence-corrected chi connectivity index (χ0v) is 17.6. The third-order valence-electron chi connectivity index (χ3n) is 4.45. The van der Waals surface area contributed by atoms with Gasteiger partial charge in [0.1, 0.15) is 5.75 Å². The lowest BCUT2D eigenvalue weighted by atomic mass is 10.1. The minimum Gasteiger partial charge on any atom is -0.482 e. The normalized spacial score (nSPS) is 13.1. The summed E-state index contributed by atoms with van der Waals surface area (Å²) in [6.45, 7) is 2.00. The van der Waals surface area contributed by atoms with Gasteiger partial charge in [-0.25, -0.2) is 4.98 Å². The van der Waals surface area contributed by atoms with Crippen LogP contribution in [-0.2, 0) is 4.79 Å². The predicted octanol–water partition coefficient (Wildman–Crippen LogP) is 4.49. The molecule has 0 bridgehead atoms. The summed E-state index contributed by atoms with van der Waals surface area (Å²) < 4.78 is 6.20. The Bertz CT molecular complexity index is 1100. The van der Waals surface area contributed by atoms with E-state index >= 15 is 0 Å². The van der Waals surface area contributed by atoms with Crippen molar-refractivity contribution in [3.63, 3.8) is 0 Å². The number of aryl methyl sites for hydroxylation is 1. The Balaban J connectivity index is 1.63. The van der Waals surface area contributed by atoms with Gasteiger partial charge in [0.05, 0.1) is 16.9 Å². The molecule has 142 valence electrons. The molecule has 0 unspecified atom stereocenters. The Morgan fingerprint density at radius 3 is 2.86 bits per heavy atom. The number of carbonyl (C=O) groups is 2. The van der Waals surface area contributed by atoms with E-state index in [4.69, 9.17) is 4.74 Å². The molecule has 28 heavy (non-hydrogen) atoms. The molecule has 4 rings (SSSR count). The number of nitrogens with zero attached hydrogens (tertiary/aromatic N) is 2. The molecule has 0 radical (unpaired) electrons. The SMILES string of the molecule is Cc1sc(NC(=O)c2ccccc2Br)nc1-c1ccc2c(c1)N(C)C(=O)CO2. The molecule has 0 aliphatic carbocycles. The average Bonchev–Trinajstić information content (AvgIpc) is 3.05. The number of ether oxygens (including phenoxy) is 1. The molecule has 0 fully saturated rings. The minimum absolute atomic E-state index is 0.0454. The summed E-state index contributed by atoms with van der Waals surface area (Å²) in [5, 5.41) is 3.38. The monoisotopic (exact) mass is 457 g/mol. The van der Waals surface area contributed by atoms with Crippen LogP contribution in [0.2, 0.25) is 0 Å². The molecule has 6 nitrogen and oxygen atoms in total. The van der Waals surface area contributed by atoms with Crippen LogP contribution in [-0.4, -0.2) is 30.5 Å². The van der Waals surface area contributed by atoms with Crippen LogP contribution >= 0.6 is 27.3 Å². The molecule has 1 N–H and O–H groups in total. The number of fused-ring (bicyclic) bond motifs is 1. The Kier molecular flexibility index (Phi) is 4.91. The maximum absolute atomic E-state index is 12.5. The number of anilines is 2. The fourth-order valence-electron chi connectivity index (χ4n) is 2.95. The van der Waals surface area contributed by atoms with E-state index in [1.165, 1.54) is 11.3 Å². The molecule has 1 aromatic heterocycles. The molecular formula is C20H16BrN3O3S. The van der Waals surface area contributed by atoms with Gasteiger partial charge in [0.15, 0.2) is 11.7 Å². The van der Waals surface area contributed by atoms with Crippen molar-refractivity contribution in [2.45, 2.75) is 6.92 Å². The van der Waals surface area contributed by atoms with Crippen molar-refractivity contribution in [2.75, 3.05) is 23.9 Å². The third-order valence-corrected chi connectivity index (χ3v) is 6.03. The number of amides is 2. The summed E-state index contributed by atoms with van der Waals surface area (Å²) in [7, 11) is 1.73. The minimum atomic E-state index is -0.225. The second-order valence-corrected chi connectivity index (χ2v) is 8.34. The lowest BCUT2D eigenvalue weighted by Gasteiger charge is -2.26. The van der Waals surface area contributed by atoms with Gasteiger partial charge in [-0.05, 0) is 53.2 Å². The Labute approximate surface area is 174 Å². The van der Waals surface area contributed by atoms with Crippen LogP contribution in [0.4, 0.5) is 10.8 Å². The highest BCUT2D eigenvalue weighted by atomic mass is 79.9. The smallest absolute Gasteiger partial charge is 0.264 e. The maximum atomic E-state index is 12.5. The molecule has 2 heterocycles. The molecule has 0 spiro atoms. The van der Waals surface area contributed by atoms with Crippen LogP contribution in [0.3, 0.4) is 0 Å². The highest BCUT2D eigenvalue weighted by molar-refractivity contribution is 9.10. The third kappa shape index (κ3) is 3.41. The molecular weight excluding hydrogens is 442 g/mol. The Morgan fingerprint density at radius 2 is 2.07 bits per heavy atom. The fraction of sp³-hybridized carbons (Fsp3) is 0.150. The number of benzene rings is 2. The second-order valence-electron chi connectivity index (χ2n) is 6.28. The van der Waals surface area contributed by atoms with Crippen molar-refractivity contribution in [3.8, 4) is 17.0 Å². The standard InChI is InChI=1S/C20H16BrN3O3S/c1-11-18(12-7-8-16-15(9-12)24(2)17(25)10-27-16)22-20(28-11)23-19(26)13-5-3-4-6-14(13)21/h3-9H,10H2,1-2H3,(H,22,23,26). The van der Waals surface area contributed by atoms with Crippen molar-refractivity contribution < 1.29 is 14.3 Å². The Hall–Kier alpha value is -2.71. The summed E-state index contributed by atoms with van der Waals surface area (Å²) in [5.74, 6) is 0.346. The predicted molar refractivity (Wildman–Crippen MR) is 113 cm³/mol. The van der Waals surface area contributed by atoms with Gasteiger partial charge in [-0.2, -0.15) is 0 Å². The first-order chi connectivity index (χ1) is 13.4. The summed E-state index contributed by atoms with van der Waals surface area (Å²) in [4.78, 5) is 31.6. The van der Waals surface area contributed by atoms with Crippen LogP contribution < -0.4 is 15.0 Å². The number of halogens is 1. The molecule has 1 aliphatic rings. The topological polar surface area (TPSA) is 71.5 Å². The number of thiazole rings is 1. The highest BCUT2D eigenvalue weighted by Gasteiger charge is 2.23. The van der Waals surface area contributed by atoms with E-state index in [0.717, 1.165) is 20.6 Å². The van der Waals surface area contributed by atoms with E-state index in [9.17, 15) is 9.59 Å². The molecule has 0 atom stereocenters. The zero-order valence-electron chi connectivity index (χ0n) is 15.2. The molecule has 2 aromatic carbocycles. The molecule has 1 aliphatic heterocycles. The van der Waals surface area contributed by atoms with Crippen molar-refractivity contribution in [1.82, 2.24) is 4.98 Å². The van der Waals surface area contributed by atoms with Crippen LogP contribution in [0.1, 0.15) is 15.2 Å². The van der Waals surface area contributed by atoms with E-state index in [1.807, 2.05) is 43.3 Å². The first-order valence-corrected chi connectivity index (χ1v) is 10.1. The number of carbonyl (C=O) groups excluding carboxylic acids is 2. The van der Waals surface area contributed by atoms with Gasteiger partial charge >= 0.3 is 0 Å². The molecule has 8 heteroatoms. The second kappa shape index (κ2) is 7.37. The van der Waals surface area contributed by atoms with Crippen molar-refractivity contribution >= 4 is 49.9 Å². The number of nitrogens with one attached hydrogen (secondary N) is 1. The fourth-order valence-corrected chi connectivity index (χ4v) is 4.24. The van der Waals surface area contributed by atoms with Gasteiger partial charge < -0.3 is 9.64 Å². The van der Waals surface area contributed by atoms with Crippen LogP contribution in [0.5, 0.6) is 5.75 Å². The first-order valence-electron chi connectivity index (χ1n) is 8.51. The van der Waals surface area contributed by atoms with Gasteiger partial charge in [-0.3, -0.25) is 14.9 Å². The summed E-state index contributed by atoms with van der Waals surface area (Å²) in [5.41, 5.74) is 2.88. The van der Waals surface area contributed by atoms with E-state index < -0.39 is 0 Å². The van der Waals surface area contributed by atoms with E-state index in [1.54, 1.807) is 18.0 Å². The maximum Gasteiger partial charge on any atom is 0.264 e. The molecule has 0 saturated carbocycles. The summed E-state index contributed by atoms with van der Waals surface area (Å²) in [6, 6.07) is 12.9. The van der Waals surface area contributed by atoms with E-state index in [-0.39, 0.29) is 18.4 Å². The van der Waals surface area contributed by atoms with Crippen molar-refractivity contribution in [3.05, 3.63) is 57.4 Å². The van der Waals surface area contributed by atoms with Gasteiger partial charge in [-0.1, -0.05) is 12.1 Å². The number of aromatic nitrogens is 1. The summed E-state index contributed by atoms with van der Waals surface area (Å²) in [6.07, 6.45) is 0. The van der Waals surface area contributed by atoms with Gasteiger partial charge in [0, 0.05) is 22.0 Å². The van der Waals surface area contributed by atoms with Crippen molar-refractivity contribution in [1.29, 1.82) is 0 Å². The van der Waals surface area contributed by atoms with Crippen molar-refractivity contribution in [2.24, 2.45) is 0 Å². The zero-order chi connectivity index (χ0) is 19.8. The van der Waals surface area contributed by atoms with Crippen LogP contribution in [0, 0.1) is 6.92 Å². The van der Waals surface area contributed by atoms with Gasteiger partial charge in [0.2, 0.25) is 0 Å². The quantitative estimate of drug-likeness (QED) is 0.628. The average molecular weight is 458 g/mol. The Morgan fingerprint density at radius 1 is 1.29 bits per heavy atom. The van der Waals surface area contributed by atoms with E-state index in [2.05, 4.69) is 26.2 Å². The molecule has 2 amide bonds. The van der Waals surface area contributed by atoms with E-state index in [0.29, 0.717) is 22.1 Å². The number of hydrogen-bond acceptors (Lipinski definition) is 5. The number of likely N-dealkylation sites (N-methyl/N-ethyl adjacent to an activating group) is 1. The number of rotatable bonds is 3. The van der Waals surface area contributed by atoms with Crippen LogP contribution in [0.15, 0.2) is 46.9 Å². The van der Waals surface area contributed by atoms with Gasteiger partial charge in [-0.15, -0.1) is 11.3 Å². The van der Waals surface area contributed by atoms with Crippen LogP contribution in [0.25, 0.3) is 11.3 Å². The molecule has 3 aromatic rings. The lowest BCUT2D eigenvalue weighted by molar-refractivity contribution is -0.120.